The van der Waals surface area contributed by atoms with Crippen LogP contribution in [0.15, 0.2) is 23.3 Å². The van der Waals surface area contributed by atoms with Gasteiger partial charge in [-0.05, 0) is 74.3 Å². The minimum absolute atomic E-state index is 0.0665. The number of cyclic esters (lactones) is 1. The Labute approximate surface area is 165 Å². The zero-order chi connectivity index (χ0) is 19.7. The van der Waals surface area contributed by atoms with Crippen LogP contribution in [0.4, 0.5) is 0 Å². The van der Waals surface area contributed by atoms with Gasteiger partial charge < -0.3 is 14.9 Å². The molecule has 0 amide bonds. The first-order valence-corrected chi connectivity index (χ1v) is 10.8. The topological polar surface area (TPSA) is 83.8 Å². The molecule has 0 bridgehead atoms. The fourth-order valence-electron chi connectivity index (χ4n) is 7.82. The summed E-state index contributed by atoms with van der Waals surface area (Å²) in [6, 6.07) is 0. The number of aliphatic hydroxyl groups is 2. The normalized spacial score (nSPS) is 47.6. The number of rotatable bonds is 2. The van der Waals surface area contributed by atoms with Crippen molar-refractivity contribution >= 4 is 11.8 Å². The van der Waals surface area contributed by atoms with Gasteiger partial charge in [-0.3, -0.25) is 4.79 Å². The molecule has 5 rings (SSSR count). The first-order chi connectivity index (χ1) is 13.3. The number of hydrogen-bond donors (Lipinski definition) is 2. The van der Waals surface area contributed by atoms with E-state index in [0.29, 0.717) is 19.4 Å². The van der Waals surface area contributed by atoms with E-state index >= 15 is 0 Å². The van der Waals surface area contributed by atoms with Crippen LogP contribution in [0.25, 0.3) is 0 Å². The zero-order valence-corrected chi connectivity index (χ0v) is 16.6. The molecule has 3 fully saturated rings. The predicted molar refractivity (Wildman–Crippen MR) is 102 cm³/mol. The Morgan fingerprint density at radius 2 is 1.89 bits per heavy atom. The highest BCUT2D eigenvalue weighted by Gasteiger charge is 2.67. The lowest BCUT2D eigenvalue weighted by molar-refractivity contribution is -0.187. The van der Waals surface area contributed by atoms with Crippen LogP contribution in [0.1, 0.15) is 58.3 Å². The second-order valence-corrected chi connectivity index (χ2v) is 10.0. The van der Waals surface area contributed by atoms with Crippen LogP contribution in [0, 0.1) is 28.6 Å². The molecule has 3 saturated carbocycles. The predicted octanol–water partition coefficient (Wildman–Crippen LogP) is 2.71. The molecule has 2 N–H and O–H groups in total. The number of aliphatic hydroxyl groups excluding tert-OH is 1. The second kappa shape index (κ2) is 6.02. The Kier molecular flexibility index (Phi) is 3.99. The van der Waals surface area contributed by atoms with Crippen molar-refractivity contribution in [2.24, 2.45) is 28.6 Å². The van der Waals surface area contributed by atoms with Gasteiger partial charge in [0, 0.05) is 23.3 Å². The number of ketones is 1. The van der Waals surface area contributed by atoms with E-state index in [1.807, 2.05) is 0 Å². The molecule has 5 nitrogen and oxygen atoms in total. The molecule has 28 heavy (non-hydrogen) atoms. The second-order valence-electron chi connectivity index (χ2n) is 10.0. The maximum atomic E-state index is 12.1. The van der Waals surface area contributed by atoms with Gasteiger partial charge in [-0.2, -0.15) is 0 Å². The summed E-state index contributed by atoms with van der Waals surface area (Å²) in [5.74, 6) is 0.446. The van der Waals surface area contributed by atoms with E-state index in [2.05, 4.69) is 6.92 Å². The summed E-state index contributed by atoms with van der Waals surface area (Å²) in [7, 11) is 0. The Morgan fingerprint density at radius 3 is 2.61 bits per heavy atom. The molecule has 5 heteroatoms. The minimum Gasteiger partial charge on any atom is -0.458 e. The SMILES string of the molecule is CC12CCC3C(CCC4=CC(=O)CCC43CO)C1(O)CC[C@H]2C1=CC(=O)OC1. The maximum Gasteiger partial charge on any atom is 0.331 e. The molecule has 0 aromatic rings. The van der Waals surface area contributed by atoms with Crippen molar-refractivity contribution in [3.63, 3.8) is 0 Å². The van der Waals surface area contributed by atoms with Crippen LogP contribution in [0.3, 0.4) is 0 Å². The van der Waals surface area contributed by atoms with Gasteiger partial charge >= 0.3 is 5.97 Å². The first-order valence-electron chi connectivity index (χ1n) is 10.8. The molecule has 0 radical (unpaired) electrons. The van der Waals surface area contributed by atoms with Gasteiger partial charge in [0.05, 0.1) is 12.2 Å². The molecular weight excluding hydrogens is 356 g/mol. The lowest BCUT2D eigenvalue weighted by atomic mass is 9.44. The summed E-state index contributed by atoms with van der Waals surface area (Å²) in [5.41, 5.74) is 0.765. The summed E-state index contributed by atoms with van der Waals surface area (Å²) in [5, 5.41) is 22.5. The average Bonchev–Trinajstić information content (AvgIpc) is 3.22. The largest absolute Gasteiger partial charge is 0.458 e. The molecule has 0 aromatic carbocycles. The quantitative estimate of drug-likeness (QED) is 0.713. The van der Waals surface area contributed by atoms with E-state index in [9.17, 15) is 19.8 Å². The van der Waals surface area contributed by atoms with Gasteiger partial charge in [-0.25, -0.2) is 4.79 Å². The third-order valence-electron chi connectivity index (χ3n) is 9.29. The molecule has 4 aliphatic carbocycles. The highest BCUT2D eigenvalue weighted by atomic mass is 16.5. The molecule has 0 spiro atoms. The smallest absolute Gasteiger partial charge is 0.331 e. The maximum absolute atomic E-state index is 12.1. The molecule has 1 heterocycles. The molecule has 152 valence electrons. The minimum atomic E-state index is -0.789. The standard InChI is InChI=1S/C23H30O5/c1-21-7-5-18-19(3-2-15-11-16(25)4-8-22(15,18)13-24)23(21,27)9-6-17(21)14-10-20(26)28-12-14/h10-11,17-19,24,27H,2-9,12-13H2,1H3/t17-,18?,19?,21?,22?,23?/m0/s1. The lowest BCUT2D eigenvalue weighted by Gasteiger charge is -2.62. The summed E-state index contributed by atoms with van der Waals surface area (Å²) in [4.78, 5) is 23.6. The van der Waals surface area contributed by atoms with E-state index in [1.54, 1.807) is 12.2 Å². The molecule has 0 saturated heterocycles. The van der Waals surface area contributed by atoms with Crippen molar-refractivity contribution < 1.29 is 24.5 Å². The monoisotopic (exact) mass is 386 g/mol. The fraction of sp³-hybridized carbons (Fsp3) is 0.739. The molecule has 0 aromatic heterocycles. The van der Waals surface area contributed by atoms with Crippen molar-refractivity contribution in [3.05, 3.63) is 23.3 Å². The summed E-state index contributed by atoms with van der Waals surface area (Å²) in [6.07, 6.45) is 9.75. The third kappa shape index (κ3) is 2.20. The Hall–Kier alpha value is -1.46. The van der Waals surface area contributed by atoms with Gasteiger partial charge in [-0.1, -0.05) is 12.5 Å². The molecule has 1 aliphatic heterocycles. The van der Waals surface area contributed by atoms with Crippen LogP contribution >= 0.6 is 0 Å². The lowest BCUT2D eigenvalue weighted by Crippen LogP contribution is -2.62. The van der Waals surface area contributed by atoms with Crippen molar-refractivity contribution in [1.82, 2.24) is 0 Å². The highest BCUT2D eigenvalue weighted by molar-refractivity contribution is 5.91. The van der Waals surface area contributed by atoms with Crippen LogP contribution in [0.2, 0.25) is 0 Å². The van der Waals surface area contributed by atoms with Crippen molar-refractivity contribution in [2.45, 2.75) is 63.9 Å². The summed E-state index contributed by atoms with van der Waals surface area (Å²) in [6.45, 7) is 2.63. The average molecular weight is 386 g/mol. The van der Waals surface area contributed by atoms with Crippen LogP contribution in [0.5, 0.6) is 0 Å². The number of carbonyl (C=O) groups is 2. The number of esters is 1. The third-order valence-corrected chi connectivity index (χ3v) is 9.29. The molecule has 5 unspecified atom stereocenters. The number of carbonyl (C=O) groups excluding carboxylic acids is 2. The zero-order valence-electron chi connectivity index (χ0n) is 16.6. The van der Waals surface area contributed by atoms with Crippen molar-refractivity contribution in [1.29, 1.82) is 0 Å². The summed E-state index contributed by atoms with van der Waals surface area (Å²) >= 11 is 0. The summed E-state index contributed by atoms with van der Waals surface area (Å²) < 4.78 is 5.17. The Balaban J connectivity index is 1.52. The van der Waals surface area contributed by atoms with Gasteiger partial charge in [-0.15, -0.1) is 0 Å². The first kappa shape index (κ1) is 18.6. The van der Waals surface area contributed by atoms with Crippen molar-refractivity contribution in [3.8, 4) is 0 Å². The van der Waals surface area contributed by atoms with E-state index in [4.69, 9.17) is 4.74 Å². The molecule has 6 atom stereocenters. The number of hydrogen-bond acceptors (Lipinski definition) is 5. The van der Waals surface area contributed by atoms with Crippen LogP contribution in [-0.4, -0.2) is 40.8 Å². The van der Waals surface area contributed by atoms with Crippen molar-refractivity contribution in [2.75, 3.05) is 13.2 Å². The molecule has 5 aliphatic rings. The van der Waals surface area contributed by atoms with Gasteiger partial charge in [0.15, 0.2) is 5.78 Å². The number of fused-ring (bicyclic) bond motifs is 5. The number of ether oxygens (including phenoxy) is 1. The highest BCUT2D eigenvalue weighted by Crippen LogP contribution is 2.69. The van der Waals surface area contributed by atoms with Gasteiger partial charge in [0.2, 0.25) is 0 Å². The Morgan fingerprint density at radius 1 is 1.07 bits per heavy atom. The van der Waals surface area contributed by atoms with E-state index in [-0.39, 0.29) is 46.9 Å². The van der Waals surface area contributed by atoms with E-state index in [1.165, 1.54) is 0 Å². The van der Waals surface area contributed by atoms with Gasteiger partial charge in [0.1, 0.15) is 6.61 Å². The fourth-order valence-corrected chi connectivity index (χ4v) is 7.82. The van der Waals surface area contributed by atoms with E-state index < -0.39 is 5.60 Å². The Bertz CT molecular complexity index is 797. The van der Waals surface area contributed by atoms with Crippen LogP contribution in [-0.2, 0) is 14.3 Å². The van der Waals surface area contributed by atoms with E-state index in [0.717, 1.165) is 49.7 Å². The van der Waals surface area contributed by atoms with Gasteiger partial charge in [0.25, 0.3) is 0 Å². The van der Waals surface area contributed by atoms with Crippen LogP contribution < -0.4 is 0 Å². The molecular formula is C23H30O5.